The van der Waals surface area contributed by atoms with Crippen LogP contribution in [0, 0.1) is 6.92 Å². The first kappa shape index (κ1) is 12.7. The number of fused-ring (bicyclic) bond motifs is 3. The minimum atomic E-state index is 0.629. The zero-order chi connectivity index (χ0) is 14.3. The molecule has 3 rings (SSSR count). The summed E-state index contributed by atoms with van der Waals surface area (Å²) in [5, 5.41) is 2.14. The van der Waals surface area contributed by atoms with Gasteiger partial charge in [0.2, 0.25) is 5.75 Å². The Morgan fingerprint density at radius 1 is 0.850 bits per heavy atom. The van der Waals surface area contributed by atoms with Crippen LogP contribution >= 0.6 is 0 Å². The third kappa shape index (κ3) is 1.54. The summed E-state index contributed by atoms with van der Waals surface area (Å²) >= 11 is 0. The van der Waals surface area contributed by atoms with Crippen LogP contribution < -0.4 is 14.2 Å². The molecule has 0 bridgehead atoms. The van der Waals surface area contributed by atoms with Crippen LogP contribution in [0.3, 0.4) is 0 Å². The zero-order valence-electron chi connectivity index (χ0n) is 12.0. The summed E-state index contributed by atoms with van der Waals surface area (Å²) in [7, 11) is 4.91. The number of hydrogen-bond donors (Lipinski definition) is 1. The smallest absolute Gasteiger partial charge is 0.204 e. The summed E-state index contributed by atoms with van der Waals surface area (Å²) in [6, 6.07) is 8.14. The number of nitrogens with one attached hydrogen (secondary N) is 1. The second kappa shape index (κ2) is 4.63. The molecule has 1 aromatic heterocycles. The van der Waals surface area contributed by atoms with Crippen molar-refractivity contribution in [2.75, 3.05) is 21.3 Å². The lowest BCUT2D eigenvalue weighted by atomic mass is 10.1. The Morgan fingerprint density at radius 2 is 1.50 bits per heavy atom. The lowest BCUT2D eigenvalue weighted by Gasteiger charge is -2.15. The third-order valence-corrected chi connectivity index (χ3v) is 3.67. The average molecular weight is 271 g/mol. The first-order valence-corrected chi connectivity index (χ1v) is 6.41. The van der Waals surface area contributed by atoms with Crippen molar-refractivity contribution in [1.29, 1.82) is 0 Å². The maximum absolute atomic E-state index is 5.59. The molecule has 2 aromatic carbocycles. The van der Waals surface area contributed by atoms with Crippen molar-refractivity contribution < 1.29 is 14.2 Å². The van der Waals surface area contributed by atoms with E-state index in [1.54, 1.807) is 21.3 Å². The molecule has 0 atom stereocenters. The second-order valence-electron chi connectivity index (χ2n) is 4.65. The number of benzene rings is 2. The molecule has 4 heteroatoms. The van der Waals surface area contributed by atoms with E-state index in [0.717, 1.165) is 27.4 Å². The predicted octanol–water partition coefficient (Wildman–Crippen LogP) is 3.66. The average Bonchev–Trinajstić information content (AvgIpc) is 2.87. The van der Waals surface area contributed by atoms with Gasteiger partial charge in [0.25, 0.3) is 0 Å². The van der Waals surface area contributed by atoms with Gasteiger partial charge in [-0.25, -0.2) is 0 Å². The molecule has 104 valence electrons. The molecule has 20 heavy (non-hydrogen) atoms. The predicted molar refractivity (Wildman–Crippen MR) is 80.2 cm³/mol. The normalized spacial score (nSPS) is 11.0. The van der Waals surface area contributed by atoms with Crippen molar-refractivity contribution in [2.24, 2.45) is 0 Å². The molecule has 0 saturated carbocycles. The molecule has 0 aliphatic carbocycles. The van der Waals surface area contributed by atoms with E-state index in [0.29, 0.717) is 17.2 Å². The fourth-order valence-electron chi connectivity index (χ4n) is 2.79. The monoisotopic (exact) mass is 271 g/mol. The minimum absolute atomic E-state index is 0.629. The lowest BCUT2D eigenvalue weighted by Crippen LogP contribution is -1.98. The highest BCUT2D eigenvalue weighted by Crippen LogP contribution is 2.48. The van der Waals surface area contributed by atoms with Crippen molar-refractivity contribution in [3.8, 4) is 17.2 Å². The van der Waals surface area contributed by atoms with Gasteiger partial charge in [-0.3, -0.25) is 0 Å². The SMILES string of the molecule is COc1c(OC)c(OC)c2c([nH]c3ccccc32)c1C. The Morgan fingerprint density at radius 3 is 2.15 bits per heavy atom. The third-order valence-electron chi connectivity index (χ3n) is 3.67. The van der Waals surface area contributed by atoms with Gasteiger partial charge in [-0.15, -0.1) is 0 Å². The largest absolute Gasteiger partial charge is 0.492 e. The summed E-state index contributed by atoms with van der Waals surface area (Å²) in [4.78, 5) is 3.43. The first-order valence-electron chi connectivity index (χ1n) is 6.41. The number of aryl methyl sites for hydroxylation is 1. The minimum Gasteiger partial charge on any atom is -0.492 e. The first-order chi connectivity index (χ1) is 9.72. The number of para-hydroxylation sites is 1. The van der Waals surface area contributed by atoms with Gasteiger partial charge in [-0.05, 0) is 13.0 Å². The molecule has 0 amide bonds. The van der Waals surface area contributed by atoms with Gasteiger partial charge >= 0.3 is 0 Å². The molecule has 4 nitrogen and oxygen atoms in total. The van der Waals surface area contributed by atoms with Crippen LogP contribution in [-0.4, -0.2) is 26.3 Å². The van der Waals surface area contributed by atoms with E-state index in [4.69, 9.17) is 14.2 Å². The summed E-state index contributed by atoms with van der Waals surface area (Å²) in [6.07, 6.45) is 0. The highest BCUT2D eigenvalue weighted by Gasteiger charge is 2.22. The molecule has 3 aromatic rings. The molecule has 0 radical (unpaired) electrons. The Kier molecular flexibility index (Phi) is 2.93. The van der Waals surface area contributed by atoms with E-state index >= 15 is 0 Å². The Balaban J connectivity index is 2.58. The van der Waals surface area contributed by atoms with Crippen LogP contribution in [0.1, 0.15) is 5.56 Å². The standard InChI is InChI=1S/C16H17NO3/c1-9-13-12(10-7-5-6-8-11(10)17-13)15(19-3)16(20-4)14(9)18-2/h5-8,17H,1-4H3. The Labute approximate surface area is 117 Å². The summed E-state index contributed by atoms with van der Waals surface area (Å²) in [6.45, 7) is 2.01. The van der Waals surface area contributed by atoms with E-state index in [2.05, 4.69) is 11.1 Å². The van der Waals surface area contributed by atoms with Gasteiger partial charge in [-0.2, -0.15) is 0 Å². The van der Waals surface area contributed by atoms with Crippen molar-refractivity contribution >= 4 is 21.8 Å². The molecular weight excluding hydrogens is 254 g/mol. The number of H-pyrrole nitrogens is 1. The number of methoxy groups -OCH3 is 3. The van der Waals surface area contributed by atoms with Gasteiger partial charge in [0, 0.05) is 16.5 Å². The van der Waals surface area contributed by atoms with Crippen LogP contribution in [0.5, 0.6) is 17.2 Å². The highest BCUT2D eigenvalue weighted by atomic mass is 16.5. The van der Waals surface area contributed by atoms with E-state index in [1.807, 2.05) is 25.1 Å². The molecule has 0 aliphatic rings. The van der Waals surface area contributed by atoms with Gasteiger partial charge in [0.05, 0.1) is 32.2 Å². The Hall–Kier alpha value is -2.36. The van der Waals surface area contributed by atoms with Crippen molar-refractivity contribution in [3.05, 3.63) is 29.8 Å². The molecule has 0 unspecified atom stereocenters. The van der Waals surface area contributed by atoms with Gasteiger partial charge in [-0.1, -0.05) is 18.2 Å². The van der Waals surface area contributed by atoms with Crippen LogP contribution in [-0.2, 0) is 0 Å². The molecule has 1 N–H and O–H groups in total. The van der Waals surface area contributed by atoms with E-state index in [1.165, 1.54) is 0 Å². The van der Waals surface area contributed by atoms with Gasteiger partial charge < -0.3 is 19.2 Å². The number of ether oxygens (including phenoxy) is 3. The summed E-state index contributed by atoms with van der Waals surface area (Å²) < 4.78 is 16.6. The van der Waals surface area contributed by atoms with E-state index in [9.17, 15) is 0 Å². The molecular formula is C16H17NO3. The lowest BCUT2D eigenvalue weighted by molar-refractivity contribution is 0.326. The number of rotatable bonds is 3. The van der Waals surface area contributed by atoms with Crippen LogP contribution in [0.25, 0.3) is 21.8 Å². The number of hydrogen-bond acceptors (Lipinski definition) is 3. The quantitative estimate of drug-likeness (QED) is 0.790. The molecule has 0 spiro atoms. The molecule has 0 aliphatic heterocycles. The molecule has 0 fully saturated rings. The highest BCUT2D eigenvalue weighted by molar-refractivity contribution is 6.13. The van der Waals surface area contributed by atoms with Gasteiger partial charge in [0.1, 0.15) is 0 Å². The van der Waals surface area contributed by atoms with Crippen LogP contribution in [0.2, 0.25) is 0 Å². The van der Waals surface area contributed by atoms with Crippen molar-refractivity contribution in [2.45, 2.75) is 6.92 Å². The molecule has 1 heterocycles. The summed E-state index contributed by atoms with van der Waals surface area (Å²) in [5.74, 6) is 2.02. The zero-order valence-corrected chi connectivity index (χ0v) is 12.0. The maximum Gasteiger partial charge on any atom is 0.204 e. The van der Waals surface area contributed by atoms with Crippen LogP contribution in [0.4, 0.5) is 0 Å². The summed E-state index contributed by atoms with van der Waals surface area (Å²) in [5.41, 5.74) is 3.09. The van der Waals surface area contributed by atoms with Gasteiger partial charge in [0.15, 0.2) is 11.5 Å². The molecule has 0 saturated heterocycles. The topological polar surface area (TPSA) is 43.5 Å². The van der Waals surface area contributed by atoms with Crippen molar-refractivity contribution in [1.82, 2.24) is 4.98 Å². The number of aromatic nitrogens is 1. The van der Waals surface area contributed by atoms with E-state index in [-0.39, 0.29) is 0 Å². The number of aromatic amines is 1. The van der Waals surface area contributed by atoms with Crippen molar-refractivity contribution in [3.63, 3.8) is 0 Å². The fraction of sp³-hybridized carbons (Fsp3) is 0.250. The Bertz CT molecular complexity index is 789. The fourth-order valence-corrected chi connectivity index (χ4v) is 2.79. The maximum atomic E-state index is 5.59. The van der Waals surface area contributed by atoms with E-state index < -0.39 is 0 Å². The second-order valence-corrected chi connectivity index (χ2v) is 4.65. The van der Waals surface area contributed by atoms with Crippen LogP contribution in [0.15, 0.2) is 24.3 Å².